The van der Waals surface area contributed by atoms with E-state index in [0.717, 1.165) is 11.3 Å². The highest BCUT2D eigenvalue weighted by molar-refractivity contribution is 6.74. The third kappa shape index (κ3) is 10.4. The maximum Gasteiger partial charge on any atom is 0.308 e. The summed E-state index contributed by atoms with van der Waals surface area (Å²) in [5.41, 5.74) is 0.501. The molecule has 0 radical (unpaired) electrons. The van der Waals surface area contributed by atoms with E-state index in [2.05, 4.69) is 38.8 Å². The maximum atomic E-state index is 13.3. The molecule has 0 aliphatic carbocycles. The van der Waals surface area contributed by atoms with Crippen molar-refractivity contribution in [1.82, 2.24) is 4.98 Å². The molecule has 0 saturated heterocycles. The first-order valence-corrected chi connectivity index (χ1v) is 17.1. The monoisotopic (exact) mass is 571 g/mol. The molecule has 0 aromatic carbocycles. The Balaban J connectivity index is 2.38. The first kappa shape index (κ1) is 33.7. The van der Waals surface area contributed by atoms with Crippen molar-refractivity contribution in [2.24, 2.45) is 5.92 Å². The molecule has 0 fully saturated rings. The average molecular weight is 572 g/mol. The van der Waals surface area contributed by atoms with Gasteiger partial charge in [-0.15, -0.1) is 0 Å². The van der Waals surface area contributed by atoms with Gasteiger partial charge in [-0.2, -0.15) is 0 Å². The Morgan fingerprint density at radius 2 is 1.95 bits per heavy atom. The summed E-state index contributed by atoms with van der Waals surface area (Å²) in [6.45, 7) is 17.6. The summed E-state index contributed by atoms with van der Waals surface area (Å²) in [5.74, 6) is -1.05. The molecule has 5 atom stereocenters. The maximum absolute atomic E-state index is 13.3. The molecule has 0 bridgehead atoms. The van der Waals surface area contributed by atoms with Crippen LogP contribution in [0.2, 0.25) is 18.1 Å². The van der Waals surface area contributed by atoms with E-state index in [9.17, 15) is 14.7 Å². The fraction of sp³-hybridized carbons (Fsp3) is 0.594. The van der Waals surface area contributed by atoms with E-state index in [-0.39, 0.29) is 23.3 Å². The van der Waals surface area contributed by atoms with Crippen LogP contribution < -0.4 is 0 Å². The SMILES string of the molecule is CC(=O)O[C@H]1/C=C/[C@H](C)[C@@H](/C(C)=C/C=C/Cc2ccccn2)OC(=O)C[C@H](O[Si](C)(C)C(C)(C)C)CC[C@@]1(C)O. The van der Waals surface area contributed by atoms with Gasteiger partial charge < -0.3 is 19.0 Å². The lowest BCUT2D eigenvalue weighted by molar-refractivity contribution is -0.157. The van der Waals surface area contributed by atoms with Crippen molar-refractivity contribution in [3.05, 3.63) is 66.0 Å². The quantitative estimate of drug-likeness (QED) is 0.173. The van der Waals surface area contributed by atoms with E-state index >= 15 is 0 Å². The number of aliphatic hydroxyl groups is 1. The van der Waals surface area contributed by atoms with Gasteiger partial charge >= 0.3 is 11.9 Å². The van der Waals surface area contributed by atoms with Crippen LogP contribution in [0.5, 0.6) is 0 Å². The number of esters is 2. The van der Waals surface area contributed by atoms with Gasteiger partial charge in [-0.25, -0.2) is 0 Å². The van der Waals surface area contributed by atoms with Gasteiger partial charge in [-0.3, -0.25) is 14.6 Å². The summed E-state index contributed by atoms with van der Waals surface area (Å²) in [5, 5.41) is 11.3. The van der Waals surface area contributed by atoms with Gasteiger partial charge in [0.2, 0.25) is 0 Å². The summed E-state index contributed by atoms with van der Waals surface area (Å²) < 4.78 is 18.3. The molecule has 8 heteroatoms. The third-order valence-electron chi connectivity index (χ3n) is 7.86. The van der Waals surface area contributed by atoms with E-state index < -0.39 is 38.2 Å². The highest BCUT2D eigenvalue weighted by atomic mass is 28.4. The number of rotatable bonds is 7. The van der Waals surface area contributed by atoms with Gasteiger partial charge in [0.25, 0.3) is 0 Å². The first-order valence-electron chi connectivity index (χ1n) is 14.2. The number of hydrogen-bond donors (Lipinski definition) is 1. The molecule has 7 nitrogen and oxygen atoms in total. The van der Waals surface area contributed by atoms with Crippen LogP contribution in [0.25, 0.3) is 0 Å². The zero-order valence-corrected chi connectivity index (χ0v) is 26.8. The van der Waals surface area contributed by atoms with Crippen molar-refractivity contribution < 1.29 is 28.6 Å². The normalized spacial score (nSPS) is 28.4. The van der Waals surface area contributed by atoms with Gasteiger partial charge in [0, 0.05) is 31.2 Å². The van der Waals surface area contributed by atoms with Crippen LogP contribution in [0.1, 0.15) is 73.4 Å². The molecular formula is C32H49NO6Si. The molecule has 1 aliphatic heterocycles. The predicted octanol–water partition coefficient (Wildman–Crippen LogP) is 6.49. The van der Waals surface area contributed by atoms with E-state index in [1.807, 2.05) is 56.4 Å². The number of cyclic esters (lactones) is 1. The van der Waals surface area contributed by atoms with Gasteiger partial charge in [0.05, 0.1) is 12.5 Å². The van der Waals surface area contributed by atoms with Crippen LogP contribution in [-0.2, 0) is 29.9 Å². The van der Waals surface area contributed by atoms with Gasteiger partial charge in [-0.05, 0) is 68.6 Å². The fourth-order valence-electron chi connectivity index (χ4n) is 4.33. The highest BCUT2D eigenvalue weighted by Crippen LogP contribution is 2.39. The smallest absolute Gasteiger partial charge is 0.308 e. The average Bonchev–Trinajstić information content (AvgIpc) is 2.85. The fourth-order valence-corrected chi connectivity index (χ4v) is 5.72. The lowest BCUT2D eigenvalue weighted by Crippen LogP contribution is -2.46. The molecule has 1 N–H and O–H groups in total. The van der Waals surface area contributed by atoms with Crippen LogP contribution in [0.15, 0.2) is 60.3 Å². The highest BCUT2D eigenvalue weighted by Gasteiger charge is 2.41. The molecule has 2 rings (SSSR count). The van der Waals surface area contributed by atoms with E-state index in [4.69, 9.17) is 13.9 Å². The predicted molar refractivity (Wildman–Crippen MR) is 161 cm³/mol. The number of pyridine rings is 1. The van der Waals surface area contributed by atoms with Crippen molar-refractivity contribution in [1.29, 1.82) is 0 Å². The minimum absolute atomic E-state index is 0.0515. The Kier molecular flexibility index (Phi) is 12.1. The zero-order valence-electron chi connectivity index (χ0n) is 25.8. The molecule has 222 valence electrons. The number of ether oxygens (including phenoxy) is 2. The van der Waals surface area contributed by atoms with Crippen LogP contribution in [0.3, 0.4) is 0 Å². The molecule has 1 aliphatic rings. The summed E-state index contributed by atoms with van der Waals surface area (Å²) in [7, 11) is -2.22. The van der Waals surface area contributed by atoms with Crippen molar-refractivity contribution in [2.45, 2.75) is 116 Å². The summed E-state index contributed by atoms with van der Waals surface area (Å²) >= 11 is 0. The lowest BCUT2D eigenvalue weighted by Gasteiger charge is -2.40. The Bertz CT molecular complexity index is 1070. The number of carbonyl (C=O) groups is 2. The standard InChI is InChI=1S/C32H49NO6Si/c1-23(14-10-11-15-26-16-12-13-21-33-26)30-24(2)17-18-28(37-25(3)34)32(7,36)20-19-27(22-29(35)38-30)39-40(8,9)31(4,5)6/h10-14,16-18,21,24,27-28,30,36H,15,19-20,22H2,1-9H3/b11-10+,18-17+,23-14+/t24-,27+,28-,30+,32+/m0/s1. The molecule has 0 saturated carbocycles. The van der Waals surface area contributed by atoms with Crippen molar-refractivity contribution in [3.63, 3.8) is 0 Å². The molecular weight excluding hydrogens is 522 g/mol. The van der Waals surface area contributed by atoms with Gasteiger partial charge in [0.15, 0.2) is 8.32 Å². The van der Waals surface area contributed by atoms with Crippen LogP contribution in [-0.4, -0.2) is 54.3 Å². The minimum atomic E-state index is -2.22. The second kappa shape index (κ2) is 14.4. The number of carbonyl (C=O) groups excluding carboxylic acids is 2. The Labute approximate surface area is 241 Å². The van der Waals surface area contributed by atoms with E-state index in [1.165, 1.54) is 6.92 Å². The van der Waals surface area contributed by atoms with E-state index in [1.54, 1.807) is 19.2 Å². The van der Waals surface area contributed by atoms with Crippen LogP contribution in [0.4, 0.5) is 0 Å². The van der Waals surface area contributed by atoms with Crippen molar-refractivity contribution in [2.75, 3.05) is 0 Å². The Morgan fingerprint density at radius 1 is 1.25 bits per heavy atom. The number of hydrogen-bond acceptors (Lipinski definition) is 7. The number of nitrogens with zero attached hydrogens (tertiary/aromatic N) is 1. The number of aromatic nitrogens is 1. The third-order valence-corrected chi connectivity index (χ3v) is 12.4. The number of allylic oxidation sites excluding steroid dienone is 3. The second-order valence-corrected chi connectivity index (χ2v) is 17.4. The summed E-state index contributed by atoms with van der Waals surface area (Å²) in [6.07, 6.45) is 10.9. The topological polar surface area (TPSA) is 95.0 Å². The van der Waals surface area contributed by atoms with Crippen LogP contribution >= 0.6 is 0 Å². The second-order valence-electron chi connectivity index (χ2n) is 12.6. The minimum Gasteiger partial charge on any atom is -0.457 e. The molecule has 2 heterocycles. The van der Waals surface area contributed by atoms with Crippen molar-refractivity contribution >= 4 is 20.3 Å². The lowest BCUT2D eigenvalue weighted by atomic mass is 9.88. The van der Waals surface area contributed by atoms with E-state index in [0.29, 0.717) is 19.3 Å². The summed E-state index contributed by atoms with van der Waals surface area (Å²) in [4.78, 5) is 29.5. The molecule has 0 amide bonds. The molecule has 1 aromatic heterocycles. The molecule has 0 spiro atoms. The Morgan fingerprint density at radius 3 is 2.55 bits per heavy atom. The summed E-state index contributed by atoms with van der Waals surface area (Å²) in [6, 6.07) is 5.81. The largest absolute Gasteiger partial charge is 0.457 e. The molecule has 40 heavy (non-hydrogen) atoms. The van der Waals surface area contributed by atoms with Crippen molar-refractivity contribution in [3.8, 4) is 0 Å². The van der Waals surface area contributed by atoms with Gasteiger partial charge in [0.1, 0.15) is 17.8 Å². The van der Waals surface area contributed by atoms with Gasteiger partial charge in [-0.1, -0.05) is 58.1 Å². The Hall–Kier alpha value is -2.55. The molecule has 1 aromatic rings. The zero-order chi connectivity index (χ0) is 30.1. The van der Waals surface area contributed by atoms with Crippen LogP contribution in [0, 0.1) is 5.92 Å². The molecule has 0 unspecified atom stereocenters. The first-order chi connectivity index (χ1) is 18.5.